The second kappa shape index (κ2) is 6.63. The Labute approximate surface area is 118 Å². The van der Waals surface area contributed by atoms with E-state index in [1.165, 1.54) is 18.4 Å². The molecule has 0 saturated heterocycles. The molecule has 0 bridgehead atoms. The van der Waals surface area contributed by atoms with E-state index in [4.69, 9.17) is 4.74 Å². The van der Waals surface area contributed by atoms with Crippen LogP contribution in [0.25, 0.3) is 0 Å². The highest BCUT2D eigenvalue weighted by atomic mass is 16.5. The first kappa shape index (κ1) is 13.3. The van der Waals surface area contributed by atoms with E-state index in [1.807, 2.05) is 29.1 Å². The molecule has 106 valence electrons. The molecule has 1 heterocycles. The van der Waals surface area contributed by atoms with Crippen molar-refractivity contribution in [2.75, 3.05) is 6.61 Å². The Balaban J connectivity index is 1.35. The number of nitrogens with one attached hydrogen (secondary N) is 1. The van der Waals surface area contributed by atoms with E-state index in [0.29, 0.717) is 19.3 Å². The molecule has 1 aromatic carbocycles. The molecule has 20 heavy (non-hydrogen) atoms. The number of aromatic nitrogens is 3. The molecule has 0 radical (unpaired) electrons. The highest BCUT2D eigenvalue weighted by Crippen LogP contribution is 2.18. The topological polar surface area (TPSA) is 52.0 Å². The molecule has 0 amide bonds. The summed E-state index contributed by atoms with van der Waals surface area (Å²) >= 11 is 0. The smallest absolute Gasteiger partial charge is 0.0964 e. The first-order valence-corrected chi connectivity index (χ1v) is 7.14. The van der Waals surface area contributed by atoms with Gasteiger partial charge in [0, 0.05) is 18.8 Å². The Morgan fingerprint density at radius 3 is 2.90 bits per heavy atom. The molecule has 1 fully saturated rings. The SMILES string of the molecule is c1ccc(COCCn2cc(CNC3CC3)nn2)cc1. The molecule has 0 aliphatic heterocycles. The maximum Gasteiger partial charge on any atom is 0.0964 e. The average molecular weight is 272 g/mol. The van der Waals surface area contributed by atoms with Crippen molar-refractivity contribution in [1.29, 1.82) is 0 Å². The second-order valence-corrected chi connectivity index (χ2v) is 5.17. The number of ether oxygens (including phenoxy) is 1. The van der Waals surface area contributed by atoms with Crippen molar-refractivity contribution >= 4 is 0 Å². The van der Waals surface area contributed by atoms with Crippen LogP contribution < -0.4 is 5.32 Å². The van der Waals surface area contributed by atoms with Crippen molar-refractivity contribution in [3.8, 4) is 0 Å². The van der Waals surface area contributed by atoms with Crippen LogP contribution in [-0.2, 0) is 24.4 Å². The third-order valence-corrected chi connectivity index (χ3v) is 3.31. The van der Waals surface area contributed by atoms with Gasteiger partial charge in [0.05, 0.1) is 25.5 Å². The van der Waals surface area contributed by atoms with E-state index in [-0.39, 0.29) is 0 Å². The first-order valence-electron chi connectivity index (χ1n) is 7.14. The molecule has 0 spiro atoms. The van der Waals surface area contributed by atoms with Crippen molar-refractivity contribution in [3.05, 3.63) is 47.8 Å². The van der Waals surface area contributed by atoms with Crippen molar-refractivity contribution in [2.24, 2.45) is 0 Å². The monoisotopic (exact) mass is 272 g/mol. The van der Waals surface area contributed by atoms with Gasteiger partial charge in [-0.25, -0.2) is 4.68 Å². The molecule has 3 rings (SSSR count). The minimum absolute atomic E-state index is 0.644. The van der Waals surface area contributed by atoms with Crippen molar-refractivity contribution in [1.82, 2.24) is 20.3 Å². The fourth-order valence-electron chi connectivity index (χ4n) is 1.99. The summed E-state index contributed by atoms with van der Waals surface area (Å²) in [5, 5.41) is 11.7. The van der Waals surface area contributed by atoms with Gasteiger partial charge in [-0.05, 0) is 18.4 Å². The van der Waals surface area contributed by atoms with E-state index < -0.39 is 0 Å². The molecule has 2 aromatic rings. The summed E-state index contributed by atoms with van der Waals surface area (Å²) in [5.74, 6) is 0. The number of rotatable bonds is 8. The van der Waals surface area contributed by atoms with Gasteiger partial charge in [0.2, 0.25) is 0 Å². The van der Waals surface area contributed by atoms with Gasteiger partial charge in [0.25, 0.3) is 0 Å². The summed E-state index contributed by atoms with van der Waals surface area (Å²) in [6, 6.07) is 10.9. The Morgan fingerprint density at radius 1 is 1.25 bits per heavy atom. The second-order valence-electron chi connectivity index (χ2n) is 5.17. The van der Waals surface area contributed by atoms with Gasteiger partial charge in [0.1, 0.15) is 0 Å². The molecule has 5 nitrogen and oxygen atoms in total. The number of hydrogen-bond acceptors (Lipinski definition) is 4. The van der Waals surface area contributed by atoms with Gasteiger partial charge in [-0.3, -0.25) is 0 Å². The zero-order valence-electron chi connectivity index (χ0n) is 11.5. The molecule has 1 aliphatic carbocycles. The fraction of sp³-hybridized carbons (Fsp3) is 0.467. The van der Waals surface area contributed by atoms with E-state index >= 15 is 0 Å². The van der Waals surface area contributed by atoms with E-state index in [1.54, 1.807) is 0 Å². The van der Waals surface area contributed by atoms with Crippen LogP contribution in [0.2, 0.25) is 0 Å². The van der Waals surface area contributed by atoms with Gasteiger partial charge >= 0.3 is 0 Å². The first-order chi connectivity index (χ1) is 9.90. The van der Waals surface area contributed by atoms with Crippen LogP contribution in [0.5, 0.6) is 0 Å². The van der Waals surface area contributed by atoms with Crippen molar-refractivity contribution in [2.45, 2.75) is 38.6 Å². The lowest BCUT2D eigenvalue weighted by Crippen LogP contribution is -2.15. The molecule has 1 aliphatic rings. The van der Waals surface area contributed by atoms with Crippen LogP contribution in [0.15, 0.2) is 36.5 Å². The van der Waals surface area contributed by atoms with Gasteiger partial charge in [-0.15, -0.1) is 5.10 Å². The summed E-state index contributed by atoms with van der Waals surface area (Å²) in [6.45, 7) is 2.85. The zero-order chi connectivity index (χ0) is 13.6. The van der Waals surface area contributed by atoms with Crippen LogP contribution in [0.3, 0.4) is 0 Å². The number of nitrogens with zero attached hydrogens (tertiary/aromatic N) is 3. The standard InChI is InChI=1S/C15H20N4O/c1-2-4-13(5-3-1)12-20-9-8-19-11-15(17-18-19)10-16-14-6-7-14/h1-5,11,14,16H,6-10,12H2. The molecule has 1 N–H and O–H groups in total. The van der Waals surface area contributed by atoms with Crippen LogP contribution in [0.4, 0.5) is 0 Å². The minimum Gasteiger partial charge on any atom is -0.375 e. The molecular weight excluding hydrogens is 252 g/mol. The zero-order valence-corrected chi connectivity index (χ0v) is 11.5. The predicted octanol–water partition coefficient (Wildman–Crippen LogP) is 1.75. The molecule has 1 saturated carbocycles. The van der Waals surface area contributed by atoms with Gasteiger partial charge < -0.3 is 10.1 Å². The summed E-state index contributed by atoms with van der Waals surface area (Å²) in [4.78, 5) is 0. The Bertz CT molecular complexity index is 522. The molecular formula is C15H20N4O. The molecule has 0 unspecified atom stereocenters. The quantitative estimate of drug-likeness (QED) is 0.744. The number of hydrogen-bond donors (Lipinski definition) is 1. The normalized spacial score (nSPS) is 14.6. The van der Waals surface area contributed by atoms with E-state index in [9.17, 15) is 0 Å². The van der Waals surface area contributed by atoms with Crippen LogP contribution in [0, 0.1) is 0 Å². The Hall–Kier alpha value is -1.72. The summed E-state index contributed by atoms with van der Waals surface area (Å²) in [6.07, 6.45) is 4.57. The Morgan fingerprint density at radius 2 is 2.10 bits per heavy atom. The van der Waals surface area contributed by atoms with Crippen LogP contribution in [0.1, 0.15) is 24.1 Å². The summed E-state index contributed by atoms with van der Waals surface area (Å²) in [7, 11) is 0. The summed E-state index contributed by atoms with van der Waals surface area (Å²) < 4.78 is 7.48. The molecule has 1 aromatic heterocycles. The number of benzene rings is 1. The van der Waals surface area contributed by atoms with Crippen LogP contribution in [-0.4, -0.2) is 27.6 Å². The fourth-order valence-corrected chi connectivity index (χ4v) is 1.99. The largest absolute Gasteiger partial charge is 0.375 e. The van der Waals surface area contributed by atoms with Gasteiger partial charge in [-0.1, -0.05) is 35.5 Å². The highest BCUT2D eigenvalue weighted by molar-refractivity contribution is 5.13. The van der Waals surface area contributed by atoms with Gasteiger partial charge in [0.15, 0.2) is 0 Å². The maximum absolute atomic E-state index is 5.64. The lowest BCUT2D eigenvalue weighted by molar-refractivity contribution is 0.110. The minimum atomic E-state index is 0.644. The van der Waals surface area contributed by atoms with Crippen LogP contribution >= 0.6 is 0 Å². The Kier molecular flexibility index (Phi) is 4.40. The van der Waals surface area contributed by atoms with E-state index in [0.717, 1.165) is 18.8 Å². The van der Waals surface area contributed by atoms with Crippen molar-refractivity contribution < 1.29 is 4.74 Å². The molecule has 5 heteroatoms. The summed E-state index contributed by atoms with van der Waals surface area (Å²) in [5.41, 5.74) is 2.19. The van der Waals surface area contributed by atoms with E-state index in [2.05, 4.69) is 27.8 Å². The molecule has 0 atom stereocenters. The average Bonchev–Trinajstić information content (AvgIpc) is 3.21. The van der Waals surface area contributed by atoms with Crippen molar-refractivity contribution in [3.63, 3.8) is 0 Å². The predicted molar refractivity (Wildman–Crippen MR) is 76.0 cm³/mol. The third-order valence-electron chi connectivity index (χ3n) is 3.31. The van der Waals surface area contributed by atoms with Gasteiger partial charge in [-0.2, -0.15) is 0 Å². The highest BCUT2D eigenvalue weighted by Gasteiger charge is 2.20. The lowest BCUT2D eigenvalue weighted by Gasteiger charge is -2.04. The lowest BCUT2D eigenvalue weighted by atomic mass is 10.2. The maximum atomic E-state index is 5.64. The third kappa shape index (κ3) is 4.15.